The molecule has 3 heteroatoms. The molecule has 0 bridgehead atoms. The molecule has 0 amide bonds. The van der Waals surface area contributed by atoms with E-state index in [9.17, 15) is 0 Å². The topological polar surface area (TPSA) is 50.9 Å². The maximum Gasteiger partial charge on any atom is 0.0423 e. The standard InChI is InChI=1S/C14H17N3/c15-11-4-5-12(8-11)17-14-3-1-2-10-9-16-7-6-13(10)14/h1-3,6-7,9,11-12,17H,4-5,8,15H2. The Kier molecular flexibility index (Phi) is 2.69. The first-order valence-electron chi connectivity index (χ1n) is 6.18. The van der Waals surface area contributed by atoms with Crippen LogP contribution in [-0.2, 0) is 0 Å². The van der Waals surface area contributed by atoms with Gasteiger partial charge in [0, 0.05) is 40.9 Å². The van der Waals surface area contributed by atoms with Gasteiger partial charge in [-0.3, -0.25) is 4.98 Å². The number of aromatic nitrogens is 1. The second-order valence-corrected chi connectivity index (χ2v) is 4.82. The van der Waals surface area contributed by atoms with Crippen LogP contribution in [0.4, 0.5) is 5.69 Å². The lowest BCUT2D eigenvalue weighted by Crippen LogP contribution is -2.20. The fourth-order valence-corrected chi connectivity index (χ4v) is 2.62. The van der Waals surface area contributed by atoms with Gasteiger partial charge in [-0.15, -0.1) is 0 Å². The van der Waals surface area contributed by atoms with Crippen LogP contribution in [-0.4, -0.2) is 17.1 Å². The number of pyridine rings is 1. The van der Waals surface area contributed by atoms with E-state index in [1.165, 1.54) is 22.9 Å². The average Bonchev–Trinajstić information content (AvgIpc) is 2.75. The van der Waals surface area contributed by atoms with Gasteiger partial charge in [0.15, 0.2) is 0 Å². The molecule has 3 N–H and O–H groups in total. The SMILES string of the molecule is NC1CCC(Nc2cccc3cnccc23)C1. The van der Waals surface area contributed by atoms with Gasteiger partial charge in [-0.25, -0.2) is 0 Å². The fraction of sp³-hybridized carbons (Fsp3) is 0.357. The molecule has 0 aliphatic heterocycles. The summed E-state index contributed by atoms with van der Waals surface area (Å²) in [6.07, 6.45) is 7.11. The van der Waals surface area contributed by atoms with Crippen LogP contribution in [0.15, 0.2) is 36.7 Å². The normalized spacial score (nSPS) is 24.1. The highest BCUT2D eigenvalue weighted by Gasteiger charge is 2.21. The van der Waals surface area contributed by atoms with Crippen LogP contribution >= 0.6 is 0 Å². The maximum atomic E-state index is 5.94. The van der Waals surface area contributed by atoms with Gasteiger partial charge in [0.25, 0.3) is 0 Å². The molecule has 1 aromatic heterocycles. The average molecular weight is 227 g/mol. The summed E-state index contributed by atoms with van der Waals surface area (Å²) in [5.41, 5.74) is 7.14. The third kappa shape index (κ3) is 2.11. The van der Waals surface area contributed by atoms with Gasteiger partial charge >= 0.3 is 0 Å². The Morgan fingerprint density at radius 2 is 2.18 bits per heavy atom. The number of fused-ring (bicyclic) bond motifs is 1. The van der Waals surface area contributed by atoms with Gasteiger partial charge in [-0.2, -0.15) is 0 Å². The largest absolute Gasteiger partial charge is 0.382 e. The molecule has 1 aliphatic rings. The molecule has 0 spiro atoms. The van der Waals surface area contributed by atoms with Crippen LogP contribution in [0, 0.1) is 0 Å². The van der Waals surface area contributed by atoms with Crippen molar-refractivity contribution in [2.75, 3.05) is 5.32 Å². The van der Waals surface area contributed by atoms with Crippen molar-refractivity contribution in [2.24, 2.45) is 5.73 Å². The second-order valence-electron chi connectivity index (χ2n) is 4.82. The van der Waals surface area contributed by atoms with E-state index in [-0.39, 0.29) is 0 Å². The molecule has 2 unspecified atom stereocenters. The molecule has 88 valence electrons. The van der Waals surface area contributed by atoms with Crippen LogP contribution in [0.2, 0.25) is 0 Å². The molecule has 3 nitrogen and oxygen atoms in total. The lowest BCUT2D eigenvalue weighted by atomic mass is 10.1. The van der Waals surface area contributed by atoms with Crippen molar-refractivity contribution in [2.45, 2.75) is 31.3 Å². The summed E-state index contributed by atoms with van der Waals surface area (Å²) >= 11 is 0. The highest BCUT2D eigenvalue weighted by Crippen LogP contribution is 2.27. The molecular formula is C14H17N3. The predicted octanol–water partition coefficient (Wildman–Crippen LogP) is 2.53. The van der Waals surface area contributed by atoms with Crippen molar-refractivity contribution < 1.29 is 0 Å². The Labute approximate surface area is 101 Å². The monoisotopic (exact) mass is 227 g/mol. The van der Waals surface area contributed by atoms with Crippen LogP contribution in [0.3, 0.4) is 0 Å². The van der Waals surface area contributed by atoms with E-state index in [1.807, 2.05) is 12.4 Å². The van der Waals surface area contributed by atoms with Crippen molar-refractivity contribution in [1.82, 2.24) is 4.98 Å². The molecule has 1 fully saturated rings. The minimum atomic E-state index is 0.365. The Hall–Kier alpha value is -1.61. The number of nitrogens with zero attached hydrogens (tertiary/aromatic N) is 1. The number of hydrogen-bond donors (Lipinski definition) is 2. The van der Waals surface area contributed by atoms with E-state index >= 15 is 0 Å². The van der Waals surface area contributed by atoms with E-state index < -0.39 is 0 Å². The number of anilines is 1. The summed E-state index contributed by atoms with van der Waals surface area (Å²) in [5, 5.41) is 6.03. The zero-order valence-electron chi connectivity index (χ0n) is 9.76. The molecular weight excluding hydrogens is 210 g/mol. The van der Waals surface area contributed by atoms with Crippen molar-refractivity contribution >= 4 is 16.5 Å². The zero-order chi connectivity index (χ0) is 11.7. The van der Waals surface area contributed by atoms with Crippen LogP contribution < -0.4 is 11.1 Å². The van der Waals surface area contributed by atoms with Gasteiger partial charge in [0.1, 0.15) is 0 Å². The first-order chi connectivity index (χ1) is 8.33. The highest BCUT2D eigenvalue weighted by atomic mass is 14.9. The molecule has 2 atom stereocenters. The smallest absolute Gasteiger partial charge is 0.0423 e. The van der Waals surface area contributed by atoms with Gasteiger partial charge < -0.3 is 11.1 Å². The molecule has 3 rings (SSSR count). The minimum Gasteiger partial charge on any atom is -0.382 e. The van der Waals surface area contributed by atoms with Crippen molar-refractivity contribution in [1.29, 1.82) is 0 Å². The molecule has 0 saturated heterocycles. The zero-order valence-corrected chi connectivity index (χ0v) is 9.76. The Bertz CT molecular complexity index is 518. The Morgan fingerprint density at radius 3 is 3.00 bits per heavy atom. The van der Waals surface area contributed by atoms with Crippen LogP contribution in [0.25, 0.3) is 10.8 Å². The molecule has 1 aliphatic carbocycles. The minimum absolute atomic E-state index is 0.365. The van der Waals surface area contributed by atoms with Crippen molar-refractivity contribution in [3.05, 3.63) is 36.7 Å². The quantitative estimate of drug-likeness (QED) is 0.829. The predicted molar refractivity (Wildman–Crippen MR) is 71.0 cm³/mol. The number of nitrogens with two attached hydrogens (primary N) is 1. The molecule has 1 saturated carbocycles. The lowest BCUT2D eigenvalue weighted by Gasteiger charge is -2.15. The molecule has 1 heterocycles. The van der Waals surface area contributed by atoms with E-state index in [1.54, 1.807) is 0 Å². The molecule has 2 aromatic rings. The second kappa shape index (κ2) is 4.34. The van der Waals surface area contributed by atoms with Gasteiger partial charge in [0.05, 0.1) is 0 Å². The number of nitrogens with one attached hydrogen (secondary N) is 1. The summed E-state index contributed by atoms with van der Waals surface area (Å²) in [7, 11) is 0. The van der Waals surface area contributed by atoms with E-state index in [0.29, 0.717) is 12.1 Å². The third-order valence-electron chi connectivity index (χ3n) is 3.51. The maximum absolute atomic E-state index is 5.94. The van der Waals surface area contributed by atoms with Gasteiger partial charge in [0.2, 0.25) is 0 Å². The van der Waals surface area contributed by atoms with Gasteiger partial charge in [-0.1, -0.05) is 12.1 Å². The summed E-state index contributed by atoms with van der Waals surface area (Å²) < 4.78 is 0. The van der Waals surface area contributed by atoms with Crippen LogP contribution in [0.1, 0.15) is 19.3 Å². The van der Waals surface area contributed by atoms with Crippen molar-refractivity contribution in [3.63, 3.8) is 0 Å². The Morgan fingerprint density at radius 1 is 1.24 bits per heavy atom. The van der Waals surface area contributed by atoms with Crippen LogP contribution in [0.5, 0.6) is 0 Å². The summed E-state index contributed by atoms with van der Waals surface area (Å²) in [6.45, 7) is 0. The molecule has 1 aromatic carbocycles. The van der Waals surface area contributed by atoms with E-state index in [2.05, 4.69) is 34.6 Å². The number of rotatable bonds is 2. The first-order valence-corrected chi connectivity index (χ1v) is 6.18. The summed E-state index contributed by atoms with van der Waals surface area (Å²) in [4.78, 5) is 4.15. The molecule has 0 radical (unpaired) electrons. The molecule has 17 heavy (non-hydrogen) atoms. The fourth-order valence-electron chi connectivity index (χ4n) is 2.62. The van der Waals surface area contributed by atoms with Crippen molar-refractivity contribution in [3.8, 4) is 0 Å². The lowest BCUT2D eigenvalue weighted by molar-refractivity contribution is 0.688. The Balaban J connectivity index is 1.90. The number of hydrogen-bond acceptors (Lipinski definition) is 3. The first kappa shape index (κ1) is 10.5. The summed E-state index contributed by atoms with van der Waals surface area (Å²) in [6, 6.07) is 9.24. The number of benzene rings is 1. The third-order valence-corrected chi connectivity index (χ3v) is 3.51. The van der Waals surface area contributed by atoms with E-state index in [0.717, 1.165) is 12.8 Å². The van der Waals surface area contributed by atoms with E-state index in [4.69, 9.17) is 5.73 Å². The van der Waals surface area contributed by atoms with Gasteiger partial charge in [-0.05, 0) is 31.4 Å². The highest BCUT2D eigenvalue weighted by molar-refractivity contribution is 5.93. The summed E-state index contributed by atoms with van der Waals surface area (Å²) in [5.74, 6) is 0.